The van der Waals surface area contributed by atoms with Crippen LogP contribution in [0.3, 0.4) is 0 Å². The Hall–Kier alpha value is -3.35. The standard InChI is InChI=1S/C20H18N2O6S/c1-27-19(23)16-6-10-18(11-7-16)29(25,26)21-12-2-3-15-4-8-17(9-5-15)22-13-14-28-20(22)24/h4-11,21H,12-14H2,1H3. The van der Waals surface area contributed by atoms with E-state index in [9.17, 15) is 18.0 Å². The minimum absolute atomic E-state index is 0.0220. The highest BCUT2D eigenvalue weighted by molar-refractivity contribution is 7.89. The highest BCUT2D eigenvalue weighted by atomic mass is 32.2. The predicted octanol–water partition coefficient (Wildman–Crippen LogP) is 1.76. The summed E-state index contributed by atoms with van der Waals surface area (Å²) in [4.78, 5) is 24.5. The minimum atomic E-state index is -3.75. The van der Waals surface area contributed by atoms with Gasteiger partial charge in [0.05, 0.1) is 30.7 Å². The largest absolute Gasteiger partial charge is 0.465 e. The molecule has 9 heteroatoms. The lowest BCUT2D eigenvalue weighted by atomic mass is 10.2. The van der Waals surface area contributed by atoms with Crippen LogP contribution in [-0.4, -0.2) is 47.3 Å². The molecule has 0 bridgehead atoms. The number of hydrogen-bond donors (Lipinski definition) is 1. The van der Waals surface area contributed by atoms with Gasteiger partial charge in [-0.1, -0.05) is 11.8 Å². The van der Waals surface area contributed by atoms with Gasteiger partial charge < -0.3 is 9.47 Å². The second-order valence-electron chi connectivity index (χ2n) is 5.96. The Labute approximate surface area is 168 Å². The van der Waals surface area contributed by atoms with Crippen molar-refractivity contribution in [2.75, 3.05) is 31.7 Å². The number of amides is 1. The second-order valence-corrected chi connectivity index (χ2v) is 7.72. The summed E-state index contributed by atoms with van der Waals surface area (Å²) in [7, 11) is -2.50. The maximum Gasteiger partial charge on any atom is 0.414 e. The molecule has 0 unspecified atom stereocenters. The molecule has 1 fully saturated rings. The molecule has 1 amide bonds. The summed E-state index contributed by atoms with van der Waals surface area (Å²) in [6.45, 7) is 0.791. The van der Waals surface area contributed by atoms with E-state index in [1.54, 1.807) is 24.3 Å². The zero-order valence-electron chi connectivity index (χ0n) is 15.5. The number of anilines is 1. The SMILES string of the molecule is COC(=O)c1ccc(S(=O)(=O)NCC#Cc2ccc(N3CCOC3=O)cc2)cc1. The van der Waals surface area contributed by atoms with Crippen LogP contribution in [0.4, 0.5) is 10.5 Å². The van der Waals surface area contributed by atoms with Crippen molar-refractivity contribution in [1.29, 1.82) is 0 Å². The van der Waals surface area contributed by atoms with Crippen LogP contribution >= 0.6 is 0 Å². The number of carbonyl (C=O) groups is 2. The van der Waals surface area contributed by atoms with Crippen LogP contribution < -0.4 is 9.62 Å². The molecule has 1 aliphatic heterocycles. The maximum atomic E-state index is 12.3. The van der Waals surface area contributed by atoms with Gasteiger partial charge in [0.2, 0.25) is 10.0 Å². The number of methoxy groups -OCH3 is 1. The summed E-state index contributed by atoms with van der Waals surface area (Å²) in [5.74, 6) is 5.06. The van der Waals surface area contributed by atoms with Crippen LogP contribution in [0.2, 0.25) is 0 Å². The van der Waals surface area contributed by atoms with Gasteiger partial charge in [0, 0.05) is 11.3 Å². The molecule has 1 aliphatic rings. The Kier molecular flexibility index (Phi) is 6.16. The Morgan fingerprint density at radius 1 is 1.17 bits per heavy atom. The van der Waals surface area contributed by atoms with Crippen LogP contribution in [0.1, 0.15) is 15.9 Å². The molecule has 29 heavy (non-hydrogen) atoms. The summed E-state index contributed by atoms with van der Waals surface area (Å²) in [5.41, 5.74) is 1.66. The van der Waals surface area contributed by atoms with Crippen LogP contribution in [0.15, 0.2) is 53.4 Å². The number of rotatable bonds is 5. The summed E-state index contributed by atoms with van der Waals surface area (Å²) < 4.78 is 36.4. The molecule has 1 N–H and O–H groups in total. The number of hydrogen-bond acceptors (Lipinski definition) is 6. The smallest absolute Gasteiger partial charge is 0.414 e. The third-order valence-corrected chi connectivity index (χ3v) is 5.53. The van der Waals surface area contributed by atoms with Crippen LogP contribution in [0.25, 0.3) is 0 Å². The van der Waals surface area contributed by atoms with Gasteiger partial charge in [-0.2, -0.15) is 4.72 Å². The number of ether oxygens (including phenoxy) is 2. The molecule has 0 spiro atoms. The lowest BCUT2D eigenvalue weighted by molar-refractivity contribution is 0.0600. The number of sulfonamides is 1. The number of benzene rings is 2. The van der Waals surface area contributed by atoms with Crippen molar-refractivity contribution in [3.05, 3.63) is 59.7 Å². The van der Waals surface area contributed by atoms with E-state index in [-0.39, 0.29) is 23.1 Å². The molecule has 1 heterocycles. The summed E-state index contributed by atoms with van der Waals surface area (Å²) in [5, 5.41) is 0. The first-order valence-electron chi connectivity index (χ1n) is 8.62. The molecule has 1 saturated heterocycles. The van der Waals surface area contributed by atoms with Crippen molar-refractivity contribution >= 4 is 27.8 Å². The van der Waals surface area contributed by atoms with Crippen molar-refractivity contribution in [2.45, 2.75) is 4.90 Å². The third-order valence-electron chi connectivity index (χ3n) is 4.11. The monoisotopic (exact) mass is 414 g/mol. The molecule has 8 nitrogen and oxygen atoms in total. The van der Waals surface area contributed by atoms with E-state index in [1.807, 2.05) is 0 Å². The van der Waals surface area contributed by atoms with E-state index in [1.165, 1.54) is 36.3 Å². The molecule has 2 aromatic carbocycles. The van der Waals surface area contributed by atoms with Crippen LogP contribution in [0.5, 0.6) is 0 Å². The van der Waals surface area contributed by atoms with E-state index in [0.29, 0.717) is 24.4 Å². The van der Waals surface area contributed by atoms with Gasteiger partial charge in [0.1, 0.15) is 6.61 Å². The second kappa shape index (κ2) is 8.77. The topological polar surface area (TPSA) is 102 Å². The van der Waals surface area contributed by atoms with Gasteiger partial charge in [-0.3, -0.25) is 4.90 Å². The van der Waals surface area contributed by atoms with E-state index in [0.717, 1.165) is 0 Å². The van der Waals surface area contributed by atoms with Gasteiger partial charge in [0.25, 0.3) is 0 Å². The molecule has 2 aromatic rings. The maximum absolute atomic E-state index is 12.3. The van der Waals surface area contributed by atoms with E-state index in [2.05, 4.69) is 21.3 Å². The third kappa shape index (κ3) is 4.93. The van der Waals surface area contributed by atoms with E-state index >= 15 is 0 Å². The molecule has 0 atom stereocenters. The van der Waals surface area contributed by atoms with Gasteiger partial charge in [-0.25, -0.2) is 18.0 Å². The summed E-state index contributed by atoms with van der Waals surface area (Å²) in [6, 6.07) is 12.4. The van der Waals surface area contributed by atoms with Crippen LogP contribution in [0, 0.1) is 11.8 Å². The Morgan fingerprint density at radius 2 is 1.86 bits per heavy atom. The van der Waals surface area contributed by atoms with E-state index < -0.39 is 16.0 Å². The Morgan fingerprint density at radius 3 is 2.45 bits per heavy atom. The fraction of sp³-hybridized carbons (Fsp3) is 0.200. The number of nitrogens with one attached hydrogen (secondary N) is 1. The number of cyclic esters (lactones) is 1. The molecule has 0 radical (unpaired) electrons. The lowest BCUT2D eigenvalue weighted by Gasteiger charge is -2.11. The number of esters is 1. The highest BCUT2D eigenvalue weighted by Crippen LogP contribution is 2.18. The van der Waals surface area contributed by atoms with E-state index in [4.69, 9.17) is 4.74 Å². The molecule has 0 aliphatic carbocycles. The molecule has 0 aromatic heterocycles. The fourth-order valence-corrected chi connectivity index (χ4v) is 3.52. The van der Waals surface area contributed by atoms with Gasteiger partial charge in [-0.05, 0) is 48.5 Å². The summed E-state index contributed by atoms with van der Waals surface area (Å²) >= 11 is 0. The first-order valence-corrected chi connectivity index (χ1v) is 10.1. The first kappa shape index (κ1) is 20.4. The van der Waals surface area contributed by atoms with Gasteiger partial charge >= 0.3 is 12.1 Å². The average molecular weight is 414 g/mol. The molecular weight excluding hydrogens is 396 g/mol. The zero-order chi connectivity index (χ0) is 20.9. The Bertz CT molecular complexity index is 1070. The predicted molar refractivity (Wildman–Crippen MR) is 105 cm³/mol. The Balaban J connectivity index is 1.59. The lowest BCUT2D eigenvalue weighted by Crippen LogP contribution is -2.24. The molecule has 3 rings (SSSR count). The highest BCUT2D eigenvalue weighted by Gasteiger charge is 2.23. The fourth-order valence-electron chi connectivity index (χ4n) is 2.60. The van der Waals surface area contributed by atoms with Crippen LogP contribution in [-0.2, 0) is 19.5 Å². The van der Waals surface area contributed by atoms with Crippen molar-refractivity contribution in [1.82, 2.24) is 4.72 Å². The zero-order valence-corrected chi connectivity index (χ0v) is 16.4. The average Bonchev–Trinajstić information content (AvgIpc) is 3.17. The minimum Gasteiger partial charge on any atom is -0.465 e. The van der Waals surface area contributed by atoms with Crippen molar-refractivity contribution in [3.8, 4) is 11.8 Å². The van der Waals surface area contributed by atoms with Crippen molar-refractivity contribution in [3.63, 3.8) is 0 Å². The molecular formula is C20H18N2O6S. The summed E-state index contributed by atoms with van der Waals surface area (Å²) in [6.07, 6.45) is -0.377. The molecule has 0 saturated carbocycles. The van der Waals surface area contributed by atoms with Crippen molar-refractivity contribution in [2.24, 2.45) is 0 Å². The van der Waals surface area contributed by atoms with Gasteiger partial charge in [0.15, 0.2) is 0 Å². The van der Waals surface area contributed by atoms with Crippen molar-refractivity contribution < 1.29 is 27.5 Å². The first-order chi connectivity index (χ1) is 13.9. The normalized spacial score (nSPS) is 13.4. The quantitative estimate of drug-likeness (QED) is 0.591. The number of nitrogens with zero attached hydrogens (tertiary/aromatic N) is 1. The van der Waals surface area contributed by atoms with Gasteiger partial charge in [-0.15, -0.1) is 0 Å². The number of carbonyl (C=O) groups excluding carboxylic acids is 2. The molecule has 150 valence electrons.